The highest BCUT2D eigenvalue weighted by atomic mass is 16.2. The maximum Gasteiger partial charge on any atom is 0.321 e. The number of hydrogen-bond acceptors (Lipinski definition) is 3. The van der Waals surface area contributed by atoms with E-state index in [-0.39, 0.29) is 23.9 Å². The van der Waals surface area contributed by atoms with Crippen LogP contribution in [0.4, 0.5) is 4.79 Å². The minimum atomic E-state index is -0.322. The van der Waals surface area contributed by atoms with E-state index in [4.69, 9.17) is 0 Å². The minimum absolute atomic E-state index is 0.0867. The molecule has 6 nitrogen and oxygen atoms in total. The number of benzene rings is 2. The maximum absolute atomic E-state index is 12.7. The molecule has 2 aromatic carbocycles. The van der Waals surface area contributed by atoms with Crippen LogP contribution < -0.4 is 10.6 Å². The first-order valence-electron chi connectivity index (χ1n) is 13.2. The molecule has 1 saturated carbocycles. The first-order valence-corrected chi connectivity index (χ1v) is 13.2. The van der Waals surface area contributed by atoms with Crippen molar-refractivity contribution in [3.05, 3.63) is 60.2 Å². The van der Waals surface area contributed by atoms with Crippen LogP contribution in [0.5, 0.6) is 0 Å². The highest BCUT2D eigenvalue weighted by Crippen LogP contribution is 2.31. The second kappa shape index (κ2) is 11.1. The van der Waals surface area contributed by atoms with Gasteiger partial charge in [-0.1, -0.05) is 67.8 Å². The Labute approximate surface area is 207 Å². The van der Waals surface area contributed by atoms with Gasteiger partial charge in [0.1, 0.15) is 0 Å². The predicted molar refractivity (Wildman–Crippen MR) is 140 cm³/mol. The zero-order valence-corrected chi connectivity index (χ0v) is 20.4. The Kier molecular flexibility index (Phi) is 7.48. The molecule has 1 aromatic heterocycles. The highest BCUT2D eigenvalue weighted by molar-refractivity contribution is 5.95. The zero-order valence-electron chi connectivity index (χ0n) is 20.4. The lowest BCUT2D eigenvalue weighted by molar-refractivity contribution is -0.125. The second-order valence-corrected chi connectivity index (χ2v) is 10.1. The molecule has 2 fully saturated rings. The number of rotatable bonds is 6. The van der Waals surface area contributed by atoms with E-state index in [0.717, 1.165) is 64.6 Å². The van der Waals surface area contributed by atoms with Crippen molar-refractivity contribution < 1.29 is 9.59 Å². The molecule has 2 heterocycles. The summed E-state index contributed by atoms with van der Waals surface area (Å²) >= 11 is 0. The lowest BCUT2D eigenvalue weighted by atomic mass is 9.95. The number of imide groups is 1. The topological polar surface area (TPSA) is 77.2 Å². The monoisotopic (exact) mass is 472 g/mol. The van der Waals surface area contributed by atoms with Gasteiger partial charge in [0.2, 0.25) is 5.91 Å². The van der Waals surface area contributed by atoms with Crippen molar-refractivity contribution in [2.75, 3.05) is 19.6 Å². The van der Waals surface area contributed by atoms with E-state index in [9.17, 15) is 9.59 Å². The normalized spacial score (nSPS) is 17.9. The predicted octanol–water partition coefficient (Wildman–Crippen LogP) is 5.25. The SMILES string of the molecule is O=C(NC(=O)C1CCN(CCc2c(-c3ccccc3)[nH]c3ccccc23)CC1)NC1CCCCC1. The van der Waals surface area contributed by atoms with Crippen molar-refractivity contribution in [3.63, 3.8) is 0 Å². The van der Waals surface area contributed by atoms with Crippen LogP contribution in [0, 0.1) is 5.92 Å². The van der Waals surface area contributed by atoms with Crippen LogP contribution in [-0.4, -0.2) is 47.5 Å². The number of aromatic amines is 1. The Morgan fingerprint density at radius 3 is 2.37 bits per heavy atom. The molecule has 0 spiro atoms. The van der Waals surface area contributed by atoms with Crippen LogP contribution in [-0.2, 0) is 11.2 Å². The Morgan fingerprint density at radius 1 is 0.886 bits per heavy atom. The molecular weight excluding hydrogens is 436 g/mol. The molecule has 0 bridgehead atoms. The van der Waals surface area contributed by atoms with E-state index in [0.29, 0.717) is 0 Å². The van der Waals surface area contributed by atoms with Crippen molar-refractivity contribution in [2.45, 2.75) is 57.4 Å². The molecule has 1 aliphatic carbocycles. The number of carbonyl (C=O) groups is 2. The molecule has 0 radical (unpaired) electrons. The first-order chi connectivity index (χ1) is 17.2. The molecule has 1 saturated heterocycles. The molecule has 6 heteroatoms. The van der Waals surface area contributed by atoms with Crippen LogP contribution in [0.25, 0.3) is 22.2 Å². The number of carbonyl (C=O) groups excluding carboxylic acids is 2. The molecule has 2 aliphatic rings. The standard InChI is InChI=1S/C29H36N4O2/c34-28(32-29(35)30-23-11-5-2-6-12-23)22-15-18-33(19-16-22)20-17-25-24-13-7-8-14-26(24)31-27(25)21-9-3-1-4-10-21/h1,3-4,7-10,13-14,22-23,31H,2,5-6,11-12,15-20H2,(H2,30,32,34,35). The maximum atomic E-state index is 12.7. The molecule has 0 atom stereocenters. The molecule has 3 aromatic rings. The number of piperidine rings is 1. The van der Waals surface area contributed by atoms with Crippen molar-refractivity contribution in [3.8, 4) is 11.3 Å². The van der Waals surface area contributed by atoms with Crippen molar-refractivity contribution in [2.24, 2.45) is 5.92 Å². The third-order valence-electron chi connectivity index (χ3n) is 7.69. The van der Waals surface area contributed by atoms with Crippen LogP contribution in [0.2, 0.25) is 0 Å². The fraction of sp³-hybridized carbons (Fsp3) is 0.448. The van der Waals surface area contributed by atoms with Crippen molar-refractivity contribution >= 4 is 22.8 Å². The summed E-state index contributed by atoms with van der Waals surface area (Å²) in [6, 6.07) is 18.9. The molecule has 3 amide bonds. The molecule has 35 heavy (non-hydrogen) atoms. The Morgan fingerprint density at radius 2 is 1.60 bits per heavy atom. The largest absolute Gasteiger partial charge is 0.354 e. The number of hydrogen-bond donors (Lipinski definition) is 3. The summed E-state index contributed by atoms with van der Waals surface area (Å²) in [6.45, 7) is 2.72. The van der Waals surface area contributed by atoms with Crippen molar-refractivity contribution in [1.29, 1.82) is 0 Å². The van der Waals surface area contributed by atoms with Gasteiger partial charge in [-0.2, -0.15) is 0 Å². The van der Waals surface area contributed by atoms with E-state index in [2.05, 4.69) is 69.0 Å². The van der Waals surface area contributed by atoms with Crippen LogP contribution in [0.3, 0.4) is 0 Å². The average molecular weight is 473 g/mol. The molecular formula is C29H36N4O2. The molecule has 5 rings (SSSR count). The number of nitrogens with one attached hydrogen (secondary N) is 3. The van der Waals surface area contributed by atoms with Gasteiger partial charge in [0, 0.05) is 35.1 Å². The van der Waals surface area contributed by atoms with E-state index < -0.39 is 0 Å². The van der Waals surface area contributed by atoms with Gasteiger partial charge in [-0.15, -0.1) is 0 Å². The molecule has 1 aliphatic heterocycles. The minimum Gasteiger partial charge on any atom is -0.354 e. The van der Waals surface area contributed by atoms with E-state index in [1.165, 1.54) is 34.1 Å². The first kappa shape index (κ1) is 23.6. The van der Waals surface area contributed by atoms with Gasteiger partial charge in [-0.3, -0.25) is 10.1 Å². The number of urea groups is 1. The number of amides is 3. The molecule has 3 N–H and O–H groups in total. The quantitative estimate of drug-likeness (QED) is 0.459. The summed E-state index contributed by atoms with van der Waals surface area (Å²) in [7, 11) is 0. The molecule has 0 unspecified atom stereocenters. The second-order valence-electron chi connectivity index (χ2n) is 10.1. The summed E-state index contributed by atoms with van der Waals surface area (Å²) in [6.07, 6.45) is 8.13. The van der Waals surface area contributed by atoms with Gasteiger partial charge in [0.15, 0.2) is 0 Å². The Balaban J connectivity index is 1.14. The third kappa shape index (κ3) is 5.76. The van der Waals surface area contributed by atoms with Gasteiger partial charge in [-0.05, 0) is 62.4 Å². The number of para-hydroxylation sites is 1. The van der Waals surface area contributed by atoms with Crippen LogP contribution >= 0.6 is 0 Å². The third-order valence-corrected chi connectivity index (χ3v) is 7.69. The lowest BCUT2D eigenvalue weighted by Gasteiger charge is -2.31. The smallest absolute Gasteiger partial charge is 0.321 e. The summed E-state index contributed by atoms with van der Waals surface area (Å²) in [5.41, 5.74) is 4.93. The fourth-order valence-electron chi connectivity index (χ4n) is 5.68. The average Bonchev–Trinajstić information content (AvgIpc) is 3.27. The number of aromatic nitrogens is 1. The number of fused-ring (bicyclic) bond motifs is 1. The van der Waals surface area contributed by atoms with Crippen LogP contribution in [0.1, 0.15) is 50.5 Å². The zero-order chi connectivity index (χ0) is 24.0. The van der Waals surface area contributed by atoms with Gasteiger partial charge in [0.25, 0.3) is 0 Å². The number of H-pyrrole nitrogens is 1. The highest BCUT2D eigenvalue weighted by Gasteiger charge is 2.27. The van der Waals surface area contributed by atoms with Gasteiger partial charge < -0.3 is 15.2 Å². The lowest BCUT2D eigenvalue weighted by Crippen LogP contribution is -2.48. The summed E-state index contributed by atoms with van der Waals surface area (Å²) < 4.78 is 0. The Hall–Kier alpha value is -3.12. The Bertz CT molecular complexity index is 1140. The summed E-state index contributed by atoms with van der Waals surface area (Å²) in [4.78, 5) is 31.0. The fourth-order valence-corrected chi connectivity index (χ4v) is 5.68. The van der Waals surface area contributed by atoms with E-state index >= 15 is 0 Å². The molecule has 184 valence electrons. The van der Waals surface area contributed by atoms with Gasteiger partial charge in [-0.25, -0.2) is 4.79 Å². The van der Waals surface area contributed by atoms with E-state index in [1.54, 1.807) is 0 Å². The number of likely N-dealkylation sites (tertiary alicyclic amines) is 1. The van der Waals surface area contributed by atoms with Crippen molar-refractivity contribution in [1.82, 2.24) is 20.5 Å². The van der Waals surface area contributed by atoms with Gasteiger partial charge in [0.05, 0.1) is 0 Å². The summed E-state index contributed by atoms with van der Waals surface area (Å²) in [5.74, 6) is -0.211. The van der Waals surface area contributed by atoms with Gasteiger partial charge >= 0.3 is 6.03 Å². The van der Waals surface area contributed by atoms with Crippen LogP contribution in [0.15, 0.2) is 54.6 Å². The number of nitrogens with zero attached hydrogens (tertiary/aromatic N) is 1. The summed E-state index contributed by atoms with van der Waals surface area (Å²) in [5, 5.41) is 6.86. The van der Waals surface area contributed by atoms with E-state index in [1.807, 2.05) is 6.07 Å².